The number of fused-ring (bicyclic) bond motifs is 1. The Kier molecular flexibility index (Phi) is 5.90. The third-order valence-corrected chi connectivity index (χ3v) is 6.52. The van der Waals surface area contributed by atoms with Gasteiger partial charge in [0, 0.05) is 30.6 Å². The molecule has 1 saturated heterocycles. The molecule has 1 fully saturated rings. The summed E-state index contributed by atoms with van der Waals surface area (Å²) in [6.45, 7) is 8.27. The lowest BCUT2D eigenvalue weighted by atomic mass is 9.97. The number of thiophene rings is 1. The van der Waals surface area contributed by atoms with Crippen molar-refractivity contribution in [3.05, 3.63) is 45.6 Å². The van der Waals surface area contributed by atoms with Crippen LogP contribution in [0.15, 0.2) is 34.4 Å². The molecule has 30 heavy (non-hydrogen) atoms. The zero-order valence-corrected chi connectivity index (χ0v) is 18.5. The van der Waals surface area contributed by atoms with Crippen LogP contribution < -0.4 is 15.8 Å². The minimum absolute atomic E-state index is 0.0856. The number of nitrogens with zero attached hydrogens (tertiary/aromatic N) is 2. The van der Waals surface area contributed by atoms with E-state index >= 15 is 0 Å². The number of aromatic amines is 1. The zero-order valence-electron chi connectivity index (χ0n) is 17.7. The molecule has 1 aromatic carbocycles. The van der Waals surface area contributed by atoms with E-state index in [9.17, 15) is 9.59 Å². The summed E-state index contributed by atoms with van der Waals surface area (Å²) in [5, 5.41) is 5.04. The Morgan fingerprint density at radius 1 is 1.33 bits per heavy atom. The van der Waals surface area contributed by atoms with Gasteiger partial charge in [-0.25, -0.2) is 4.98 Å². The van der Waals surface area contributed by atoms with Crippen LogP contribution in [0.5, 0.6) is 0 Å². The molecule has 1 aliphatic heterocycles. The lowest BCUT2D eigenvalue weighted by Crippen LogP contribution is -2.44. The van der Waals surface area contributed by atoms with Crippen molar-refractivity contribution < 1.29 is 4.79 Å². The predicted molar refractivity (Wildman–Crippen MR) is 123 cm³/mol. The summed E-state index contributed by atoms with van der Waals surface area (Å²) >= 11 is 1.42. The van der Waals surface area contributed by atoms with Gasteiger partial charge in [0.1, 0.15) is 4.70 Å². The maximum atomic E-state index is 12.7. The Balaban J connectivity index is 1.62. The highest BCUT2D eigenvalue weighted by molar-refractivity contribution is 7.17. The van der Waals surface area contributed by atoms with Crippen molar-refractivity contribution in [1.82, 2.24) is 15.3 Å². The van der Waals surface area contributed by atoms with Crippen molar-refractivity contribution in [2.24, 2.45) is 11.8 Å². The average molecular weight is 425 g/mol. The molecule has 0 bridgehead atoms. The second-order valence-electron chi connectivity index (χ2n) is 8.51. The predicted octanol–water partition coefficient (Wildman–Crippen LogP) is 3.95. The minimum atomic E-state index is -0.121. The van der Waals surface area contributed by atoms with Crippen LogP contribution in [0.4, 0.5) is 5.95 Å². The summed E-state index contributed by atoms with van der Waals surface area (Å²) in [5.74, 6) is 0.985. The summed E-state index contributed by atoms with van der Waals surface area (Å²) in [4.78, 5) is 35.1. The molecule has 2 aromatic heterocycles. The summed E-state index contributed by atoms with van der Waals surface area (Å²) in [5.41, 5.74) is 3.84. The summed E-state index contributed by atoms with van der Waals surface area (Å²) in [7, 11) is 0. The van der Waals surface area contributed by atoms with Gasteiger partial charge in [-0.05, 0) is 31.2 Å². The van der Waals surface area contributed by atoms with Gasteiger partial charge in [-0.3, -0.25) is 14.6 Å². The highest BCUT2D eigenvalue weighted by atomic mass is 32.1. The van der Waals surface area contributed by atoms with Gasteiger partial charge >= 0.3 is 0 Å². The topological polar surface area (TPSA) is 78.1 Å². The fourth-order valence-corrected chi connectivity index (χ4v) is 4.74. The number of hydrogen-bond donors (Lipinski definition) is 2. The molecule has 6 nitrogen and oxygen atoms in total. The molecular formula is C23H28N4O2S. The molecule has 3 heterocycles. The first kappa shape index (κ1) is 20.6. The third-order valence-electron chi connectivity index (χ3n) is 5.55. The van der Waals surface area contributed by atoms with Crippen molar-refractivity contribution in [1.29, 1.82) is 0 Å². The van der Waals surface area contributed by atoms with Crippen LogP contribution in [0.3, 0.4) is 0 Å². The van der Waals surface area contributed by atoms with Gasteiger partial charge < -0.3 is 10.2 Å². The number of aryl methyl sites for hydroxylation is 1. The van der Waals surface area contributed by atoms with E-state index in [1.54, 1.807) is 0 Å². The van der Waals surface area contributed by atoms with Crippen molar-refractivity contribution in [3.63, 3.8) is 0 Å². The quantitative estimate of drug-likeness (QED) is 0.650. The van der Waals surface area contributed by atoms with E-state index in [-0.39, 0.29) is 17.4 Å². The molecule has 1 atom stereocenters. The first-order valence-electron chi connectivity index (χ1n) is 10.5. The molecule has 7 heteroatoms. The smallest absolute Gasteiger partial charge is 0.270 e. The molecule has 0 spiro atoms. The van der Waals surface area contributed by atoms with Gasteiger partial charge in [-0.15, -0.1) is 11.3 Å². The van der Waals surface area contributed by atoms with Crippen LogP contribution in [0.1, 0.15) is 32.3 Å². The van der Waals surface area contributed by atoms with Crippen molar-refractivity contribution in [3.8, 4) is 11.1 Å². The maximum absolute atomic E-state index is 12.7. The molecule has 0 saturated carbocycles. The first-order chi connectivity index (χ1) is 14.4. The van der Waals surface area contributed by atoms with E-state index in [1.165, 1.54) is 16.9 Å². The number of amides is 1. The molecule has 4 rings (SSSR count). The van der Waals surface area contributed by atoms with Gasteiger partial charge in [0.15, 0.2) is 0 Å². The second kappa shape index (κ2) is 8.60. The van der Waals surface area contributed by atoms with Gasteiger partial charge in [0.25, 0.3) is 5.56 Å². The number of carbonyl (C=O) groups is 1. The Bertz CT molecular complexity index is 1100. The number of hydrogen-bond acceptors (Lipinski definition) is 5. The average Bonchev–Trinajstić information content (AvgIpc) is 3.17. The molecule has 158 valence electrons. The van der Waals surface area contributed by atoms with Gasteiger partial charge in [-0.1, -0.05) is 43.7 Å². The van der Waals surface area contributed by atoms with Crippen LogP contribution in [-0.4, -0.2) is 35.5 Å². The maximum Gasteiger partial charge on any atom is 0.270 e. The summed E-state index contributed by atoms with van der Waals surface area (Å²) in [6, 6.07) is 8.26. The number of rotatable bonds is 5. The van der Waals surface area contributed by atoms with Crippen LogP contribution in [0, 0.1) is 18.8 Å². The molecular weight excluding hydrogens is 396 g/mol. The molecule has 3 aromatic rings. The van der Waals surface area contributed by atoms with Crippen molar-refractivity contribution >= 4 is 33.4 Å². The normalized spacial score (nSPS) is 16.9. The zero-order chi connectivity index (χ0) is 21.3. The van der Waals surface area contributed by atoms with E-state index in [0.717, 1.165) is 36.0 Å². The van der Waals surface area contributed by atoms with E-state index in [4.69, 9.17) is 4.98 Å². The SMILES string of the molecule is Cc1ccc(-c2csc3c(=O)[nH]c(N4CCC[C@H](C(=O)NCC(C)C)C4)nc23)cc1. The monoisotopic (exact) mass is 424 g/mol. The minimum Gasteiger partial charge on any atom is -0.356 e. The highest BCUT2D eigenvalue weighted by Crippen LogP contribution is 2.32. The lowest BCUT2D eigenvalue weighted by Gasteiger charge is -2.32. The number of nitrogens with one attached hydrogen (secondary N) is 2. The van der Waals surface area contributed by atoms with Gasteiger partial charge in [0.2, 0.25) is 11.9 Å². The number of benzene rings is 1. The molecule has 1 amide bonds. The number of piperidine rings is 1. The Morgan fingerprint density at radius 2 is 2.10 bits per heavy atom. The lowest BCUT2D eigenvalue weighted by molar-refractivity contribution is -0.125. The Hall–Kier alpha value is -2.67. The fraction of sp³-hybridized carbons (Fsp3) is 0.435. The van der Waals surface area contributed by atoms with Crippen LogP contribution in [0.2, 0.25) is 0 Å². The summed E-state index contributed by atoms with van der Waals surface area (Å²) in [6.07, 6.45) is 1.76. The van der Waals surface area contributed by atoms with E-state index in [1.807, 2.05) is 10.3 Å². The van der Waals surface area contributed by atoms with Gasteiger partial charge in [0.05, 0.1) is 11.4 Å². The Labute approximate surface area is 180 Å². The van der Waals surface area contributed by atoms with Crippen LogP contribution in [0.25, 0.3) is 21.3 Å². The van der Waals surface area contributed by atoms with Crippen molar-refractivity contribution in [2.45, 2.75) is 33.6 Å². The molecule has 0 radical (unpaired) electrons. The highest BCUT2D eigenvalue weighted by Gasteiger charge is 2.27. The number of H-pyrrole nitrogens is 1. The molecule has 2 N–H and O–H groups in total. The van der Waals surface area contributed by atoms with Crippen LogP contribution >= 0.6 is 11.3 Å². The van der Waals surface area contributed by atoms with Gasteiger partial charge in [-0.2, -0.15) is 0 Å². The van der Waals surface area contributed by atoms with E-state index in [0.29, 0.717) is 29.7 Å². The first-order valence-corrected chi connectivity index (χ1v) is 11.4. The molecule has 0 aliphatic carbocycles. The fourth-order valence-electron chi connectivity index (χ4n) is 3.84. The number of aromatic nitrogens is 2. The largest absolute Gasteiger partial charge is 0.356 e. The molecule has 1 aliphatic rings. The standard InChI is InChI=1S/C23H28N4O2S/c1-14(2)11-24-21(28)17-5-4-10-27(12-17)23-25-19-18(13-30-20(19)22(29)26-23)16-8-6-15(3)7-9-16/h6-9,13-14,17H,4-5,10-12H2,1-3H3,(H,24,28)(H,25,26,29)/t17-/m0/s1. The number of carbonyl (C=O) groups excluding carboxylic acids is 1. The van der Waals surface area contributed by atoms with E-state index in [2.05, 4.69) is 55.3 Å². The summed E-state index contributed by atoms with van der Waals surface area (Å²) < 4.78 is 0.637. The second-order valence-corrected chi connectivity index (χ2v) is 9.39. The van der Waals surface area contributed by atoms with Crippen LogP contribution in [-0.2, 0) is 4.79 Å². The van der Waals surface area contributed by atoms with E-state index < -0.39 is 0 Å². The number of anilines is 1. The molecule has 0 unspecified atom stereocenters. The van der Waals surface area contributed by atoms with Crippen molar-refractivity contribution in [2.75, 3.05) is 24.5 Å². The third kappa shape index (κ3) is 4.26. The Morgan fingerprint density at radius 3 is 2.83 bits per heavy atom.